The molecule has 0 bridgehead atoms. The van der Waals surface area contributed by atoms with E-state index in [1.807, 2.05) is 26.0 Å². The standard InChI is InChI=1S/C13H20O3/c1-9-5-6-11(12(14)7-8-15-3)13(16-4)10(9)2/h5-6,12,14H,7-8H2,1-4H3. The molecule has 1 unspecified atom stereocenters. The normalized spacial score (nSPS) is 12.6. The molecule has 0 aliphatic heterocycles. The maximum absolute atomic E-state index is 10.0. The lowest BCUT2D eigenvalue weighted by atomic mass is 9.99. The van der Waals surface area contributed by atoms with E-state index in [4.69, 9.17) is 9.47 Å². The van der Waals surface area contributed by atoms with E-state index >= 15 is 0 Å². The molecule has 1 aromatic carbocycles. The zero-order valence-electron chi connectivity index (χ0n) is 10.4. The Labute approximate surface area is 97.0 Å². The topological polar surface area (TPSA) is 38.7 Å². The van der Waals surface area contributed by atoms with Gasteiger partial charge in [0.1, 0.15) is 5.75 Å². The van der Waals surface area contributed by atoms with Crippen molar-refractivity contribution >= 4 is 0 Å². The molecule has 0 fully saturated rings. The van der Waals surface area contributed by atoms with Crippen molar-refractivity contribution in [3.63, 3.8) is 0 Å². The van der Waals surface area contributed by atoms with Crippen LogP contribution in [0.4, 0.5) is 0 Å². The largest absolute Gasteiger partial charge is 0.496 e. The summed E-state index contributed by atoms with van der Waals surface area (Å²) in [6.07, 6.45) is 0.0456. The van der Waals surface area contributed by atoms with Crippen molar-refractivity contribution < 1.29 is 14.6 Å². The average molecular weight is 224 g/mol. The Bertz CT molecular complexity index is 347. The maximum Gasteiger partial charge on any atom is 0.127 e. The third-order valence-electron chi connectivity index (χ3n) is 2.87. The van der Waals surface area contributed by atoms with Gasteiger partial charge in [0.25, 0.3) is 0 Å². The molecule has 90 valence electrons. The van der Waals surface area contributed by atoms with Gasteiger partial charge in [0.05, 0.1) is 13.2 Å². The Kier molecular flexibility index (Phi) is 4.77. The minimum absolute atomic E-state index is 0.533. The molecule has 0 amide bonds. The molecule has 1 aromatic rings. The summed E-state index contributed by atoms with van der Waals surface area (Å²) in [4.78, 5) is 0. The van der Waals surface area contributed by atoms with Gasteiger partial charge in [-0.05, 0) is 25.0 Å². The van der Waals surface area contributed by atoms with Gasteiger partial charge in [0, 0.05) is 25.7 Å². The van der Waals surface area contributed by atoms with E-state index in [0.717, 1.165) is 16.9 Å². The van der Waals surface area contributed by atoms with Gasteiger partial charge in [-0.2, -0.15) is 0 Å². The molecule has 1 atom stereocenters. The fraction of sp³-hybridized carbons (Fsp3) is 0.538. The predicted octanol–water partition coefficient (Wildman–Crippen LogP) is 2.38. The molecular weight excluding hydrogens is 204 g/mol. The Balaban J connectivity index is 2.99. The summed E-state index contributed by atoms with van der Waals surface area (Å²) in [6, 6.07) is 3.92. The highest BCUT2D eigenvalue weighted by atomic mass is 16.5. The van der Waals surface area contributed by atoms with Crippen LogP contribution < -0.4 is 4.74 Å². The average Bonchev–Trinajstić information content (AvgIpc) is 2.29. The molecule has 0 saturated heterocycles. The van der Waals surface area contributed by atoms with Crippen molar-refractivity contribution in [1.29, 1.82) is 0 Å². The Morgan fingerprint density at radius 3 is 2.50 bits per heavy atom. The molecule has 0 radical (unpaired) electrons. The van der Waals surface area contributed by atoms with Crippen molar-refractivity contribution in [3.05, 3.63) is 28.8 Å². The Hall–Kier alpha value is -1.06. The van der Waals surface area contributed by atoms with Crippen molar-refractivity contribution in [2.45, 2.75) is 26.4 Å². The van der Waals surface area contributed by atoms with Crippen molar-refractivity contribution in [2.75, 3.05) is 20.8 Å². The summed E-state index contributed by atoms with van der Waals surface area (Å²) < 4.78 is 10.3. The van der Waals surface area contributed by atoms with Gasteiger partial charge in [0.2, 0.25) is 0 Å². The second-order valence-corrected chi connectivity index (χ2v) is 3.93. The molecule has 1 N–H and O–H groups in total. The van der Waals surface area contributed by atoms with E-state index in [0.29, 0.717) is 13.0 Å². The number of aliphatic hydroxyl groups excluding tert-OH is 1. The number of hydrogen-bond donors (Lipinski definition) is 1. The predicted molar refractivity (Wildman–Crippen MR) is 63.9 cm³/mol. The third-order valence-corrected chi connectivity index (χ3v) is 2.87. The first-order valence-corrected chi connectivity index (χ1v) is 5.43. The molecule has 0 spiro atoms. The fourth-order valence-electron chi connectivity index (χ4n) is 1.73. The van der Waals surface area contributed by atoms with Crippen LogP contribution in [-0.2, 0) is 4.74 Å². The number of aliphatic hydroxyl groups is 1. The van der Waals surface area contributed by atoms with Gasteiger partial charge in [-0.3, -0.25) is 0 Å². The zero-order valence-corrected chi connectivity index (χ0v) is 10.4. The second-order valence-electron chi connectivity index (χ2n) is 3.93. The van der Waals surface area contributed by atoms with Crippen LogP contribution in [0.2, 0.25) is 0 Å². The number of hydrogen-bond acceptors (Lipinski definition) is 3. The van der Waals surface area contributed by atoms with E-state index in [9.17, 15) is 5.11 Å². The lowest BCUT2D eigenvalue weighted by Gasteiger charge is -2.17. The Morgan fingerprint density at radius 1 is 1.25 bits per heavy atom. The monoisotopic (exact) mass is 224 g/mol. The summed E-state index contributed by atoms with van der Waals surface area (Å²) in [7, 11) is 3.26. The molecular formula is C13H20O3. The van der Waals surface area contributed by atoms with Gasteiger partial charge < -0.3 is 14.6 Å². The van der Waals surface area contributed by atoms with Crippen molar-refractivity contribution in [2.24, 2.45) is 0 Å². The molecule has 0 aromatic heterocycles. The summed E-state index contributed by atoms with van der Waals surface area (Å²) in [5.41, 5.74) is 3.08. The van der Waals surface area contributed by atoms with Crippen LogP contribution in [0.25, 0.3) is 0 Å². The lowest BCUT2D eigenvalue weighted by Crippen LogP contribution is -2.05. The van der Waals surface area contributed by atoms with Crippen molar-refractivity contribution in [1.82, 2.24) is 0 Å². The maximum atomic E-state index is 10.0. The number of benzene rings is 1. The highest BCUT2D eigenvalue weighted by Gasteiger charge is 2.15. The van der Waals surface area contributed by atoms with Gasteiger partial charge in [0.15, 0.2) is 0 Å². The van der Waals surface area contributed by atoms with Crippen LogP contribution in [0.5, 0.6) is 5.75 Å². The smallest absolute Gasteiger partial charge is 0.127 e. The number of methoxy groups -OCH3 is 2. The number of aryl methyl sites for hydroxylation is 1. The van der Waals surface area contributed by atoms with Crippen molar-refractivity contribution in [3.8, 4) is 5.75 Å². The van der Waals surface area contributed by atoms with E-state index in [1.54, 1.807) is 14.2 Å². The quantitative estimate of drug-likeness (QED) is 0.834. The third kappa shape index (κ3) is 2.74. The van der Waals surface area contributed by atoms with E-state index in [1.165, 1.54) is 5.56 Å². The highest BCUT2D eigenvalue weighted by Crippen LogP contribution is 2.32. The number of ether oxygens (including phenoxy) is 2. The first-order valence-electron chi connectivity index (χ1n) is 5.43. The molecule has 3 nitrogen and oxygen atoms in total. The number of rotatable bonds is 5. The van der Waals surface area contributed by atoms with Gasteiger partial charge in [-0.25, -0.2) is 0 Å². The molecule has 0 saturated carbocycles. The minimum Gasteiger partial charge on any atom is -0.496 e. The summed E-state index contributed by atoms with van der Waals surface area (Å²) in [5, 5.41) is 10.0. The van der Waals surface area contributed by atoms with E-state index < -0.39 is 6.10 Å². The van der Waals surface area contributed by atoms with Gasteiger partial charge in [-0.1, -0.05) is 12.1 Å². The first-order chi connectivity index (χ1) is 7.61. The van der Waals surface area contributed by atoms with Gasteiger partial charge in [-0.15, -0.1) is 0 Å². The molecule has 0 aliphatic carbocycles. The summed E-state index contributed by atoms with van der Waals surface area (Å²) >= 11 is 0. The molecule has 16 heavy (non-hydrogen) atoms. The van der Waals surface area contributed by atoms with Crippen LogP contribution in [0, 0.1) is 13.8 Å². The Morgan fingerprint density at radius 2 is 1.94 bits per heavy atom. The van der Waals surface area contributed by atoms with Crippen LogP contribution >= 0.6 is 0 Å². The van der Waals surface area contributed by atoms with Crippen LogP contribution in [0.15, 0.2) is 12.1 Å². The molecule has 0 aliphatic rings. The molecule has 3 heteroatoms. The van der Waals surface area contributed by atoms with E-state index in [2.05, 4.69) is 0 Å². The summed E-state index contributed by atoms with van der Waals surface area (Å²) in [6.45, 7) is 4.57. The highest BCUT2D eigenvalue weighted by molar-refractivity contribution is 5.46. The minimum atomic E-state index is -0.533. The van der Waals surface area contributed by atoms with E-state index in [-0.39, 0.29) is 0 Å². The SMILES string of the molecule is COCCC(O)c1ccc(C)c(C)c1OC. The van der Waals surface area contributed by atoms with Gasteiger partial charge >= 0.3 is 0 Å². The molecule has 1 rings (SSSR count). The lowest BCUT2D eigenvalue weighted by molar-refractivity contribution is 0.108. The second kappa shape index (κ2) is 5.87. The van der Waals surface area contributed by atoms with Crippen LogP contribution in [0.1, 0.15) is 29.2 Å². The van der Waals surface area contributed by atoms with Crippen LogP contribution in [0.3, 0.4) is 0 Å². The molecule has 0 heterocycles. The fourth-order valence-corrected chi connectivity index (χ4v) is 1.73. The first kappa shape index (κ1) is 13.0. The summed E-state index contributed by atoms with van der Waals surface area (Å²) in [5.74, 6) is 0.781. The zero-order chi connectivity index (χ0) is 12.1. The van der Waals surface area contributed by atoms with Crippen LogP contribution in [-0.4, -0.2) is 25.9 Å².